The Morgan fingerprint density at radius 3 is 2.31 bits per heavy atom. The summed E-state index contributed by atoms with van der Waals surface area (Å²) in [6.45, 7) is 10.6. The van der Waals surface area contributed by atoms with Crippen LogP contribution in [0.2, 0.25) is 0 Å². The number of nitrogens with zero attached hydrogens (tertiary/aromatic N) is 4. The van der Waals surface area contributed by atoms with E-state index in [0.717, 1.165) is 30.0 Å². The predicted molar refractivity (Wildman–Crippen MR) is 123 cm³/mol. The van der Waals surface area contributed by atoms with E-state index in [1.165, 1.54) is 4.90 Å². The third kappa shape index (κ3) is 4.04. The summed E-state index contributed by atoms with van der Waals surface area (Å²) in [5.41, 5.74) is 3.46. The molecule has 2 saturated heterocycles. The lowest BCUT2D eigenvalue weighted by Crippen LogP contribution is -2.49. The Morgan fingerprint density at radius 1 is 1.06 bits per heavy atom. The van der Waals surface area contributed by atoms with Gasteiger partial charge in [0.05, 0.1) is 0 Å². The van der Waals surface area contributed by atoms with Gasteiger partial charge in [0.25, 0.3) is 11.8 Å². The van der Waals surface area contributed by atoms with E-state index >= 15 is 0 Å². The maximum atomic E-state index is 13.0. The number of imide groups is 1. The van der Waals surface area contributed by atoms with Crippen LogP contribution in [-0.2, 0) is 4.79 Å². The molecule has 8 nitrogen and oxygen atoms in total. The molecule has 2 aromatic rings. The lowest BCUT2D eigenvalue weighted by Gasteiger charge is -2.36. The molecule has 1 atom stereocenters. The van der Waals surface area contributed by atoms with Crippen LogP contribution < -0.4 is 15.1 Å². The molecular weight excluding hydrogens is 406 g/mol. The number of benzene rings is 1. The highest BCUT2D eigenvalue weighted by Crippen LogP contribution is 2.26. The van der Waals surface area contributed by atoms with E-state index in [1.54, 1.807) is 24.3 Å². The van der Waals surface area contributed by atoms with Gasteiger partial charge in [-0.05, 0) is 55.2 Å². The van der Waals surface area contributed by atoms with Gasteiger partial charge in [0.2, 0.25) is 0 Å². The number of piperazine rings is 1. The van der Waals surface area contributed by atoms with Crippen LogP contribution in [0.25, 0.3) is 0 Å². The number of carbonyl (C=O) groups excluding carboxylic acids is 3. The van der Waals surface area contributed by atoms with Gasteiger partial charge in [-0.15, -0.1) is 0 Å². The lowest BCUT2D eigenvalue weighted by atomic mass is 10.0. The first kappa shape index (κ1) is 21.8. The summed E-state index contributed by atoms with van der Waals surface area (Å²) < 4.78 is 0. The second-order valence-corrected chi connectivity index (χ2v) is 8.83. The molecule has 1 N–H and O–H groups in total. The van der Waals surface area contributed by atoms with Crippen molar-refractivity contribution in [3.8, 4) is 0 Å². The number of amides is 4. The molecule has 168 valence electrons. The second kappa shape index (κ2) is 8.61. The van der Waals surface area contributed by atoms with E-state index in [-0.39, 0.29) is 17.7 Å². The van der Waals surface area contributed by atoms with Gasteiger partial charge in [0.15, 0.2) is 0 Å². The Hall–Kier alpha value is -3.42. The molecule has 0 radical (unpaired) electrons. The van der Waals surface area contributed by atoms with Crippen molar-refractivity contribution >= 4 is 29.4 Å². The summed E-state index contributed by atoms with van der Waals surface area (Å²) in [7, 11) is 0. The van der Waals surface area contributed by atoms with Gasteiger partial charge in [-0.1, -0.05) is 19.9 Å². The normalized spacial score (nSPS) is 19.0. The van der Waals surface area contributed by atoms with Crippen molar-refractivity contribution in [1.29, 1.82) is 0 Å². The van der Waals surface area contributed by atoms with Crippen LogP contribution in [0, 0.1) is 19.8 Å². The zero-order chi connectivity index (χ0) is 23.0. The van der Waals surface area contributed by atoms with Crippen molar-refractivity contribution in [3.05, 3.63) is 53.2 Å². The molecule has 4 amide bonds. The number of carbonyl (C=O) groups is 3. The monoisotopic (exact) mass is 435 g/mol. The van der Waals surface area contributed by atoms with Gasteiger partial charge in [0.1, 0.15) is 11.9 Å². The van der Waals surface area contributed by atoms with Gasteiger partial charge in [-0.3, -0.25) is 19.8 Å². The van der Waals surface area contributed by atoms with Crippen molar-refractivity contribution < 1.29 is 14.4 Å². The largest absolute Gasteiger partial charge is 0.353 e. The van der Waals surface area contributed by atoms with Crippen LogP contribution >= 0.6 is 0 Å². The first-order chi connectivity index (χ1) is 15.3. The zero-order valence-corrected chi connectivity index (χ0v) is 19.0. The van der Waals surface area contributed by atoms with Gasteiger partial charge in [0, 0.05) is 43.6 Å². The predicted octanol–water partition coefficient (Wildman–Crippen LogP) is 2.74. The SMILES string of the molecule is Cc1cnc(N2CCN(C(=O)c3ccc(N4C(=O)NC(=O)C4C(C)C)cc3)CC2)c(C)c1. The average molecular weight is 436 g/mol. The highest BCUT2D eigenvalue weighted by atomic mass is 16.2. The lowest BCUT2D eigenvalue weighted by molar-refractivity contribution is -0.120. The standard InChI is InChI=1S/C24H29N5O3/c1-15(2)20-22(30)26-24(32)29(20)19-7-5-18(6-8-19)23(31)28-11-9-27(10-12-28)21-17(4)13-16(3)14-25-21/h5-8,13-15,20H,9-12H2,1-4H3,(H,26,30,32). The first-order valence-electron chi connectivity index (χ1n) is 11.0. The number of anilines is 2. The average Bonchev–Trinajstić information content (AvgIpc) is 3.07. The summed E-state index contributed by atoms with van der Waals surface area (Å²) in [5.74, 6) is 0.629. The fourth-order valence-electron chi connectivity index (χ4n) is 4.47. The Balaban J connectivity index is 1.42. The molecule has 2 fully saturated rings. The minimum atomic E-state index is -0.545. The van der Waals surface area contributed by atoms with Crippen LogP contribution in [0.5, 0.6) is 0 Å². The highest BCUT2D eigenvalue weighted by Gasteiger charge is 2.41. The van der Waals surface area contributed by atoms with Gasteiger partial charge in [-0.2, -0.15) is 0 Å². The first-order valence-corrected chi connectivity index (χ1v) is 11.0. The Bertz CT molecular complexity index is 1040. The van der Waals surface area contributed by atoms with Gasteiger partial charge < -0.3 is 9.80 Å². The topological polar surface area (TPSA) is 85.8 Å². The third-order valence-corrected chi connectivity index (χ3v) is 6.07. The van der Waals surface area contributed by atoms with Crippen molar-refractivity contribution in [1.82, 2.24) is 15.2 Å². The number of nitrogens with one attached hydrogen (secondary N) is 1. The number of aryl methyl sites for hydroxylation is 2. The molecule has 3 heterocycles. The smallest absolute Gasteiger partial charge is 0.329 e. The van der Waals surface area contributed by atoms with E-state index in [4.69, 9.17) is 0 Å². The quantitative estimate of drug-likeness (QED) is 0.747. The molecule has 2 aliphatic heterocycles. The van der Waals surface area contributed by atoms with Gasteiger partial charge in [-0.25, -0.2) is 9.78 Å². The second-order valence-electron chi connectivity index (χ2n) is 8.83. The van der Waals surface area contributed by atoms with E-state index in [1.807, 2.05) is 31.9 Å². The fourth-order valence-corrected chi connectivity index (χ4v) is 4.47. The van der Waals surface area contributed by atoms with Gasteiger partial charge >= 0.3 is 6.03 Å². The minimum Gasteiger partial charge on any atom is -0.353 e. The highest BCUT2D eigenvalue weighted by molar-refractivity contribution is 6.14. The maximum absolute atomic E-state index is 13.0. The van der Waals surface area contributed by atoms with E-state index < -0.39 is 12.1 Å². The maximum Gasteiger partial charge on any atom is 0.329 e. The summed E-state index contributed by atoms with van der Waals surface area (Å²) in [5, 5.41) is 2.37. The molecule has 2 aliphatic rings. The molecule has 8 heteroatoms. The number of aromatic nitrogens is 1. The van der Waals surface area contributed by atoms with E-state index in [9.17, 15) is 14.4 Å². The van der Waals surface area contributed by atoms with Crippen LogP contribution in [0.4, 0.5) is 16.3 Å². The molecule has 4 rings (SSSR count). The molecule has 1 unspecified atom stereocenters. The van der Waals surface area contributed by atoms with Crippen LogP contribution in [0.3, 0.4) is 0 Å². The van der Waals surface area contributed by atoms with Crippen molar-refractivity contribution in [2.24, 2.45) is 5.92 Å². The number of hydrogen-bond acceptors (Lipinski definition) is 5. The number of rotatable bonds is 4. The molecule has 0 aliphatic carbocycles. The van der Waals surface area contributed by atoms with Crippen molar-refractivity contribution in [3.63, 3.8) is 0 Å². The third-order valence-electron chi connectivity index (χ3n) is 6.07. The molecule has 1 aromatic carbocycles. The van der Waals surface area contributed by atoms with Crippen molar-refractivity contribution in [2.75, 3.05) is 36.0 Å². The van der Waals surface area contributed by atoms with Crippen LogP contribution in [0.1, 0.15) is 35.3 Å². The summed E-state index contributed by atoms with van der Waals surface area (Å²) in [4.78, 5) is 47.5. The number of urea groups is 1. The molecule has 1 aromatic heterocycles. The van der Waals surface area contributed by atoms with Crippen LogP contribution in [0.15, 0.2) is 36.5 Å². The summed E-state index contributed by atoms with van der Waals surface area (Å²) in [6.07, 6.45) is 1.87. The molecular formula is C24H29N5O3. The minimum absolute atomic E-state index is 0.0225. The van der Waals surface area contributed by atoms with Crippen LogP contribution in [-0.4, -0.2) is 60.0 Å². The van der Waals surface area contributed by atoms with E-state index in [0.29, 0.717) is 24.3 Å². The van der Waals surface area contributed by atoms with E-state index in [2.05, 4.69) is 28.2 Å². The Labute approximate surface area is 188 Å². The molecule has 0 bridgehead atoms. The number of pyridine rings is 1. The molecule has 32 heavy (non-hydrogen) atoms. The Kier molecular flexibility index (Phi) is 5.86. The molecule has 0 spiro atoms. The Morgan fingerprint density at radius 2 is 1.72 bits per heavy atom. The van der Waals surface area contributed by atoms with Crippen molar-refractivity contribution in [2.45, 2.75) is 33.7 Å². The summed E-state index contributed by atoms with van der Waals surface area (Å²) in [6, 6.07) is 8.07. The summed E-state index contributed by atoms with van der Waals surface area (Å²) >= 11 is 0. The fraction of sp³-hybridized carbons (Fsp3) is 0.417. The number of hydrogen-bond donors (Lipinski definition) is 1. The molecule has 0 saturated carbocycles. The zero-order valence-electron chi connectivity index (χ0n) is 19.0.